The first-order chi connectivity index (χ1) is 12.5. The zero-order valence-corrected chi connectivity index (χ0v) is 14.0. The molecule has 0 unspecified atom stereocenters. The van der Waals surface area contributed by atoms with Gasteiger partial charge in [-0.2, -0.15) is 5.10 Å². The monoisotopic (exact) mass is 348 g/mol. The van der Waals surface area contributed by atoms with Crippen molar-refractivity contribution in [1.29, 1.82) is 0 Å². The third-order valence-electron chi connectivity index (χ3n) is 4.31. The van der Waals surface area contributed by atoms with Crippen molar-refractivity contribution in [2.45, 2.75) is 13.5 Å². The summed E-state index contributed by atoms with van der Waals surface area (Å²) in [5, 5.41) is 23.4. The normalized spacial score (nSPS) is 11.1. The van der Waals surface area contributed by atoms with Crippen molar-refractivity contribution in [2.75, 3.05) is 10.6 Å². The van der Waals surface area contributed by atoms with Crippen LogP contribution in [0.5, 0.6) is 5.75 Å². The number of hydrogen-bond acceptors (Lipinski definition) is 6. The number of aromatic amines is 1. The Bertz CT molecular complexity index is 1190. The lowest BCUT2D eigenvalue weighted by Gasteiger charge is -2.15. The summed E-state index contributed by atoms with van der Waals surface area (Å²) in [5.41, 5.74) is 2.84. The Morgan fingerprint density at radius 1 is 1.12 bits per heavy atom. The minimum atomic E-state index is -0.548. The fraction of sp³-hybridized carbons (Fsp3) is 0.105. The maximum absolute atomic E-state index is 12.0. The molecular formula is C19H16N4O3. The molecule has 7 heteroatoms. The molecule has 3 aromatic carbocycles. The maximum Gasteiger partial charge on any atom is 0.253 e. The van der Waals surface area contributed by atoms with E-state index in [1.807, 2.05) is 25.1 Å². The molecule has 0 aliphatic heterocycles. The summed E-state index contributed by atoms with van der Waals surface area (Å²) in [6, 6.07) is 10.5. The number of aryl methyl sites for hydroxylation is 1. The van der Waals surface area contributed by atoms with Gasteiger partial charge in [-0.25, -0.2) is 0 Å². The molecule has 0 spiro atoms. The van der Waals surface area contributed by atoms with Gasteiger partial charge in [0.25, 0.3) is 10.9 Å². The Labute approximate surface area is 148 Å². The number of benzene rings is 2. The molecule has 4 rings (SSSR count). The SMILES string of the molecule is Cc1cc(Nc2c(NCc3cccc(O)c3)c(=O)c2=O)cc2cn[nH]c12. The zero-order chi connectivity index (χ0) is 18.3. The van der Waals surface area contributed by atoms with Gasteiger partial charge in [0.15, 0.2) is 0 Å². The second kappa shape index (κ2) is 6.03. The van der Waals surface area contributed by atoms with E-state index in [-0.39, 0.29) is 17.1 Å². The molecule has 130 valence electrons. The van der Waals surface area contributed by atoms with Crippen molar-refractivity contribution in [3.8, 4) is 5.75 Å². The molecule has 26 heavy (non-hydrogen) atoms. The van der Waals surface area contributed by atoms with Gasteiger partial charge < -0.3 is 15.7 Å². The van der Waals surface area contributed by atoms with Gasteiger partial charge in [-0.3, -0.25) is 14.7 Å². The number of anilines is 3. The van der Waals surface area contributed by atoms with Crippen LogP contribution in [0.1, 0.15) is 11.1 Å². The van der Waals surface area contributed by atoms with Crippen LogP contribution in [0.25, 0.3) is 10.9 Å². The van der Waals surface area contributed by atoms with E-state index >= 15 is 0 Å². The van der Waals surface area contributed by atoms with Crippen LogP contribution in [-0.4, -0.2) is 15.3 Å². The summed E-state index contributed by atoms with van der Waals surface area (Å²) in [4.78, 5) is 23.9. The van der Waals surface area contributed by atoms with Gasteiger partial charge in [-0.15, -0.1) is 0 Å². The number of rotatable bonds is 5. The van der Waals surface area contributed by atoms with Crippen LogP contribution in [0, 0.1) is 6.92 Å². The highest BCUT2D eigenvalue weighted by atomic mass is 16.3. The maximum atomic E-state index is 12.0. The second-order valence-corrected chi connectivity index (χ2v) is 6.18. The molecule has 0 bridgehead atoms. The molecule has 7 nitrogen and oxygen atoms in total. The number of phenolic OH excluding ortho intramolecular Hbond substituents is 1. The highest BCUT2D eigenvalue weighted by Crippen LogP contribution is 2.26. The molecule has 0 saturated carbocycles. The van der Waals surface area contributed by atoms with E-state index in [4.69, 9.17) is 0 Å². The summed E-state index contributed by atoms with van der Waals surface area (Å²) in [6.45, 7) is 2.27. The predicted molar refractivity (Wildman–Crippen MR) is 101 cm³/mol. The van der Waals surface area contributed by atoms with E-state index in [1.54, 1.807) is 24.4 Å². The molecule has 0 saturated heterocycles. The topological polar surface area (TPSA) is 107 Å². The lowest BCUT2D eigenvalue weighted by molar-refractivity contribution is 0.474. The van der Waals surface area contributed by atoms with E-state index < -0.39 is 10.9 Å². The lowest BCUT2D eigenvalue weighted by atomic mass is 10.1. The Morgan fingerprint density at radius 2 is 1.92 bits per heavy atom. The molecule has 0 atom stereocenters. The van der Waals surface area contributed by atoms with Gasteiger partial charge in [0.05, 0.1) is 11.7 Å². The molecule has 4 aromatic rings. The van der Waals surface area contributed by atoms with Gasteiger partial charge in [0, 0.05) is 17.6 Å². The summed E-state index contributed by atoms with van der Waals surface area (Å²) in [6.07, 6.45) is 1.71. The summed E-state index contributed by atoms with van der Waals surface area (Å²) < 4.78 is 0. The molecule has 0 amide bonds. The van der Waals surface area contributed by atoms with Crippen LogP contribution in [0.3, 0.4) is 0 Å². The molecule has 0 aliphatic carbocycles. The lowest BCUT2D eigenvalue weighted by Crippen LogP contribution is -2.36. The van der Waals surface area contributed by atoms with Crippen LogP contribution in [0.4, 0.5) is 17.1 Å². The van der Waals surface area contributed by atoms with Crippen molar-refractivity contribution in [1.82, 2.24) is 10.2 Å². The van der Waals surface area contributed by atoms with E-state index in [0.29, 0.717) is 12.2 Å². The quantitative estimate of drug-likeness (QED) is 0.413. The molecular weight excluding hydrogens is 332 g/mol. The minimum absolute atomic E-state index is 0.150. The first-order valence-electron chi connectivity index (χ1n) is 8.09. The number of H-pyrrole nitrogens is 1. The number of aromatic nitrogens is 2. The first-order valence-corrected chi connectivity index (χ1v) is 8.09. The third kappa shape index (κ3) is 2.69. The third-order valence-corrected chi connectivity index (χ3v) is 4.31. The average Bonchev–Trinajstić information content (AvgIpc) is 3.10. The number of aromatic hydroxyl groups is 1. The number of fused-ring (bicyclic) bond motifs is 1. The summed E-state index contributed by atoms with van der Waals surface area (Å²) in [7, 11) is 0. The summed E-state index contributed by atoms with van der Waals surface area (Å²) in [5.74, 6) is 0.150. The number of nitrogens with zero attached hydrogens (tertiary/aromatic N) is 1. The van der Waals surface area contributed by atoms with Gasteiger partial charge in [-0.1, -0.05) is 12.1 Å². The fourth-order valence-corrected chi connectivity index (χ4v) is 2.99. The zero-order valence-electron chi connectivity index (χ0n) is 14.0. The standard InChI is InChI=1S/C19H16N4O3/c1-10-5-13(7-12-9-21-23-15(10)12)22-17-16(18(25)19(17)26)20-8-11-3-2-4-14(24)6-11/h2-7,9,20,22,24H,8H2,1H3,(H,21,23). The molecule has 1 heterocycles. The van der Waals surface area contributed by atoms with Crippen LogP contribution in [-0.2, 0) is 6.54 Å². The van der Waals surface area contributed by atoms with Gasteiger partial charge in [-0.05, 0) is 42.3 Å². The number of hydrogen-bond donors (Lipinski definition) is 4. The highest BCUT2D eigenvalue weighted by molar-refractivity contribution is 5.87. The minimum Gasteiger partial charge on any atom is -0.508 e. The van der Waals surface area contributed by atoms with Crippen molar-refractivity contribution in [3.05, 3.63) is 74.2 Å². The Hall–Kier alpha value is -3.61. The van der Waals surface area contributed by atoms with E-state index in [9.17, 15) is 14.7 Å². The average molecular weight is 348 g/mol. The Balaban J connectivity index is 1.58. The van der Waals surface area contributed by atoms with Crippen LogP contribution >= 0.6 is 0 Å². The number of nitrogens with one attached hydrogen (secondary N) is 3. The molecule has 0 fully saturated rings. The van der Waals surface area contributed by atoms with Crippen LogP contribution in [0.2, 0.25) is 0 Å². The fourth-order valence-electron chi connectivity index (χ4n) is 2.99. The molecule has 4 N–H and O–H groups in total. The molecule has 0 radical (unpaired) electrons. The van der Waals surface area contributed by atoms with Crippen molar-refractivity contribution < 1.29 is 5.11 Å². The van der Waals surface area contributed by atoms with E-state index in [2.05, 4.69) is 20.8 Å². The van der Waals surface area contributed by atoms with Crippen molar-refractivity contribution >= 4 is 28.0 Å². The van der Waals surface area contributed by atoms with Crippen LogP contribution < -0.4 is 21.5 Å². The Morgan fingerprint density at radius 3 is 2.73 bits per heavy atom. The van der Waals surface area contributed by atoms with E-state index in [0.717, 1.165) is 22.0 Å². The smallest absolute Gasteiger partial charge is 0.253 e. The van der Waals surface area contributed by atoms with Gasteiger partial charge >= 0.3 is 0 Å². The molecule has 1 aromatic heterocycles. The summed E-state index contributed by atoms with van der Waals surface area (Å²) >= 11 is 0. The van der Waals surface area contributed by atoms with E-state index in [1.165, 1.54) is 0 Å². The van der Waals surface area contributed by atoms with Crippen LogP contribution in [0.15, 0.2) is 52.2 Å². The number of phenols is 1. The largest absolute Gasteiger partial charge is 0.508 e. The van der Waals surface area contributed by atoms with Crippen molar-refractivity contribution in [3.63, 3.8) is 0 Å². The predicted octanol–water partition coefficient (Wildman–Crippen LogP) is 2.53. The molecule has 0 aliphatic rings. The van der Waals surface area contributed by atoms with Crippen molar-refractivity contribution in [2.24, 2.45) is 0 Å². The van der Waals surface area contributed by atoms with Gasteiger partial charge in [0.2, 0.25) is 0 Å². The van der Waals surface area contributed by atoms with Gasteiger partial charge in [0.1, 0.15) is 17.1 Å². The Kier molecular flexibility index (Phi) is 3.69. The highest BCUT2D eigenvalue weighted by Gasteiger charge is 2.21. The second-order valence-electron chi connectivity index (χ2n) is 6.18. The first kappa shape index (κ1) is 15.9.